The van der Waals surface area contributed by atoms with Crippen molar-refractivity contribution in [3.05, 3.63) is 53.3 Å². The van der Waals surface area contributed by atoms with E-state index in [1.54, 1.807) is 12.4 Å². The smallest absolute Gasteiger partial charge is 0.322 e. The van der Waals surface area contributed by atoms with E-state index in [2.05, 4.69) is 15.3 Å². The fraction of sp³-hybridized carbons (Fsp3) is 0.294. The molecule has 8 heteroatoms. The lowest BCUT2D eigenvalue weighted by molar-refractivity contribution is -0.144. The first-order valence-corrected chi connectivity index (χ1v) is 7.83. The molecule has 0 bridgehead atoms. The molecule has 0 amide bonds. The van der Waals surface area contributed by atoms with Gasteiger partial charge in [0.05, 0.1) is 0 Å². The van der Waals surface area contributed by atoms with Crippen LogP contribution in [0.25, 0.3) is 0 Å². The van der Waals surface area contributed by atoms with Gasteiger partial charge in [-0.2, -0.15) is 0 Å². The summed E-state index contributed by atoms with van der Waals surface area (Å²) in [6.45, 7) is 0.694. The molecule has 1 aliphatic heterocycles. The van der Waals surface area contributed by atoms with E-state index in [-0.39, 0.29) is 12.5 Å². The summed E-state index contributed by atoms with van der Waals surface area (Å²) >= 11 is 0. The van der Waals surface area contributed by atoms with E-state index >= 15 is 0 Å². The molecular weight excluding hydrogens is 324 g/mol. The minimum absolute atomic E-state index is 0.227. The number of carboxylic acids is 2. The lowest BCUT2D eigenvalue weighted by atomic mass is 9.93. The summed E-state index contributed by atoms with van der Waals surface area (Å²) in [7, 11) is 0. The van der Waals surface area contributed by atoms with Crippen LogP contribution in [0.4, 0.5) is 5.95 Å². The zero-order chi connectivity index (χ0) is 17.8. The van der Waals surface area contributed by atoms with E-state index in [4.69, 9.17) is 5.11 Å². The molecule has 0 radical (unpaired) electrons. The van der Waals surface area contributed by atoms with E-state index in [0.29, 0.717) is 19.5 Å². The van der Waals surface area contributed by atoms with E-state index < -0.39 is 18.0 Å². The van der Waals surface area contributed by atoms with Crippen molar-refractivity contribution in [3.8, 4) is 0 Å². The second-order valence-corrected chi connectivity index (χ2v) is 5.89. The number of carbonyl (C=O) groups is 2. The van der Waals surface area contributed by atoms with Crippen molar-refractivity contribution in [2.75, 3.05) is 11.9 Å². The number of nitrogens with one attached hydrogen (secondary N) is 1. The summed E-state index contributed by atoms with van der Waals surface area (Å²) in [4.78, 5) is 32.2. The van der Waals surface area contributed by atoms with Crippen molar-refractivity contribution >= 4 is 17.9 Å². The molecule has 1 aromatic heterocycles. The maximum atomic E-state index is 11.6. The predicted octanol–water partition coefficient (Wildman–Crippen LogP) is 0.985. The first-order valence-electron chi connectivity index (χ1n) is 7.83. The van der Waals surface area contributed by atoms with Gasteiger partial charge < -0.3 is 15.5 Å². The summed E-state index contributed by atoms with van der Waals surface area (Å²) in [5.74, 6) is -1.62. The number of hydrogen-bond donors (Lipinski definition) is 3. The molecule has 3 rings (SSSR count). The monoisotopic (exact) mass is 342 g/mol. The van der Waals surface area contributed by atoms with Gasteiger partial charge in [-0.1, -0.05) is 24.3 Å². The molecule has 0 saturated carbocycles. The maximum Gasteiger partial charge on any atom is 0.322 e. The Morgan fingerprint density at radius 1 is 1.16 bits per heavy atom. The highest BCUT2D eigenvalue weighted by Gasteiger charge is 2.31. The highest BCUT2D eigenvalue weighted by molar-refractivity contribution is 5.74. The van der Waals surface area contributed by atoms with Crippen molar-refractivity contribution in [2.45, 2.75) is 25.6 Å². The average molecular weight is 342 g/mol. The van der Waals surface area contributed by atoms with Crippen molar-refractivity contribution in [1.29, 1.82) is 0 Å². The quantitative estimate of drug-likeness (QED) is 0.712. The van der Waals surface area contributed by atoms with Crippen LogP contribution in [0.3, 0.4) is 0 Å². The molecule has 0 aliphatic carbocycles. The topological polar surface area (TPSA) is 116 Å². The van der Waals surface area contributed by atoms with Crippen LogP contribution in [0.15, 0.2) is 36.7 Å². The van der Waals surface area contributed by atoms with Gasteiger partial charge >= 0.3 is 11.9 Å². The van der Waals surface area contributed by atoms with Crippen molar-refractivity contribution in [3.63, 3.8) is 0 Å². The third-order valence-electron chi connectivity index (χ3n) is 4.12. The molecule has 3 N–H and O–H groups in total. The molecule has 0 unspecified atom stereocenters. The highest BCUT2D eigenvalue weighted by Crippen LogP contribution is 2.25. The van der Waals surface area contributed by atoms with Gasteiger partial charge in [-0.3, -0.25) is 14.5 Å². The number of nitrogens with zero attached hydrogens (tertiary/aromatic N) is 3. The van der Waals surface area contributed by atoms with Gasteiger partial charge in [-0.25, -0.2) is 9.97 Å². The molecule has 1 atom stereocenters. The van der Waals surface area contributed by atoms with Crippen LogP contribution in [0.2, 0.25) is 0 Å². The number of rotatable bonds is 6. The van der Waals surface area contributed by atoms with Crippen LogP contribution in [0, 0.1) is 0 Å². The van der Waals surface area contributed by atoms with Gasteiger partial charge in [0, 0.05) is 31.0 Å². The Bertz CT molecular complexity index is 778. The zero-order valence-electron chi connectivity index (χ0n) is 13.4. The molecular formula is C17H18N4O4. The first kappa shape index (κ1) is 16.8. The summed E-state index contributed by atoms with van der Waals surface area (Å²) in [6.07, 6.45) is 3.62. The van der Waals surface area contributed by atoms with Crippen LogP contribution in [0.5, 0.6) is 0 Å². The second-order valence-electron chi connectivity index (χ2n) is 5.89. The predicted molar refractivity (Wildman–Crippen MR) is 89.0 cm³/mol. The molecule has 25 heavy (non-hydrogen) atoms. The normalized spacial score (nSPS) is 16.9. The summed E-state index contributed by atoms with van der Waals surface area (Å²) < 4.78 is 0. The molecule has 0 spiro atoms. The number of benzene rings is 1. The van der Waals surface area contributed by atoms with Crippen LogP contribution in [0.1, 0.15) is 16.7 Å². The van der Waals surface area contributed by atoms with Crippen LogP contribution >= 0.6 is 0 Å². The standard InChI is InChI=1S/C17H18N4O4/c22-15(23)8-20-17-18-6-11(7-19-17)9-21-10-13-4-2-1-3-12(13)5-14(21)16(24)25/h1-4,6-7,14H,5,8-10H2,(H,22,23)(H,24,25)(H,18,19,20)/t14-/m1/s1. The number of aliphatic carboxylic acids is 2. The molecule has 2 heterocycles. The number of carboxylic acid groups (broad SMARTS) is 2. The second kappa shape index (κ2) is 7.27. The minimum atomic E-state index is -0.996. The van der Waals surface area contributed by atoms with Gasteiger partial charge in [0.15, 0.2) is 0 Å². The molecule has 130 valence electrons. The molecule has 1 aromatic carbocycles. The Labute approximate surface area is 144 Å². The summed E-state index contributed by atoms with van der Waals surface area (Å²) in [5, 5.41) is 20.8. The molecule has 1 aliphatic rings. The fourth-order valence-corrected chi connectivity index (χ4v) is 2.90. The molecule has 8 nitrogen and oxygen atoms in total. The van der Waals surface area contributed by atoms with E-state index in [0.717, 1.165) is 16.7 Å². The largest absolute Gasteiger partial charge is 0.480 e. The molecule has 2 aromatic rings. The average Bonchev–Trinajstić information content (AvgIpc) is 2.60. The highest BCUT2D eigenvalue weighted by atomic mass is 16.4. The molecule has 0 fully saturated rings. The van der Waals surface area contributed by atoms with E-state index in [9.17, 15) is 14.7 Å². The number of aromatic nitrogens is 2. The van der Waals surface area contributed by atoms with Gasteiger partial charge in [0.1, 0.15) is 12.6 Å². The first-order chi connectivity index (χ1) is 12.0. The summed E-state index contributed by atoms with van der Waals surface area (Å²) in [5.41, 5.74) is 2.96. The van der Waals surface area contributed by atoms with Crippen LogP contribution in [-0.4, -0.2) is 49.6 Å². The maximum absolute atomic E-state index is 11.6. The Balaban J connectivity index is 1.72. The minimum Gasteiger partial charge on any atom is -0.480 e. The number of hydrogen-bond acceptors (Lipinski definition) is 6. The fourth-order valence-electron chi connectivity index (χ4n) is 2.90. The van der Waals surface area contributed by atoms with Crippen molar-refractivity contribution < 1.29 is 19.8 Å². The Morgan fingerprint density at radius 2 is 1.84 bits per heavy atom. The Morgan fingerprint density at radius 3 is 2.48 bits per heavy atom. The number of anilines is 1. The van der Waals surface area contributed by atoms with Crippen LogP contribution in [-0.2, 0) is 29.1 Å². The zero-order valence-corrected chi connectivity index (χ0v) is 13.4. The third kappa shape index (κ3) is 4.10. The van der Waals surface area contributed by atoms with Gasteiger partial charge in [0.25, 0.3) is 0 Å². The van der Waals surface area contributed by atoms with E-state index in [1.165, 1.54) is 0 Å². The van der Waals surface area contributed by atoms with Gasteiger partial charge in [-0.15, -0.1) is 0 Å². The van der Waals surface area contributed by atoms with Crippen molar-refractivity contribution in [2.24, 2.45) is 0 Å². The summed E-state index contributed by atoms with van der Waals surface area (Å²) in [6, 6.07) is 7.25. The lowest BCUT2D eigenvalue weighted by Gasteiger charge is -2.34. The van der Waals surface area contributed by atoms with E-state index in [1.807, 2.05) is 29.2 Å². The Kier molecular flexibility index (Phi) is 4.90. The SMILES string of the molecule is O=C(O)CNc1ncc(CN2Cc3ccccc3C[C@@H]2C(=O)O)cn1. The van der Waals surface area contributed by atoms with Crippen LogP contribution < -0.4 is 5.32 Å². The Hall–Kier alpha value is -3.00. The van der Waals surface area contributed by atoms with Gasteiger partial charge in [0.2, 0.25) is 5.95 Å². The number of fused-ring (bicyclic) bond motifs is 1. The molecule has 0 saturated heterocycles. The van der Waals surface area contributed by atoms with Crippen molar-refractivity contribution in [1.82, 2.24) is 14.9 Å². The van der Waals surface area contributed by atoms with Gasteiger partial charge in [-0.05, 0) is 17.5 Å². The third-order valence-corrected chi connectivity index (χ3v) is 4.12. The lowest BCUT2D eigenvalue weighted by Crippen LogP contribution is -2.45.